The summed E-state index contributed by atoms with van der Waals surface area (Å²) in [6, 6.07) is 20.9. The monoisotopic (exact) mass is 576 g/mol. The highest BCUT2D eigenvalue weighted by Crippen LogP contribution is 2.38. The molecule has 0 fully saturated rings. The molecule has 1 heterocycles. The number of aromatic nitrogens is 1. The number of hydrogen-bond donors (Lipinski definition) is 2. The van der Waals surface area contributed by atoms with Crippen molar-refractivity contribution in [3.8, 4) is 11.1 Å². The molecule has 1 aromatic heterocycles. The Balaban J connectivity index is 1.40. The fourth-order valence-electron chi connectivity index (χ4n) is 4.84. The van der Waals surface area contributed by atoms with Gasteiger partial charge in [-0.1, -0.05) is 60.7 Å². The van der Waals surface area contributed by atoms with Gasteiger partial charge in [0.25, 0.3) is 5.09 Å². The molecule has 42 heavy (non-hydrogen) atoms. The smallest absolute Gasteiger partial charge is 0.308 e. The maximum Gasteiger partial charge on any atom is 0.308 e. The normalized spacial score (nSPS) is 13.0. The molecule has 0 radical (unpaired) electrons. The maximum atomic E-state index is 13.7. The number of ether oxygens (including phenoxy) is 1. The molecule has 0 aliphatic heterocycles. The summed E-state index contributed by atoms with van der Waals surface area (Å²) in [6.07, 6.45) is 0.831. The average Bonchev–Trinajstić information content (AvgIpc) is 3.29. The van der Waals surface area contributed by atoms with Gasteiger partial charge < -0.3 is 24.4 Å². The summed E-state index contributed by atoms with van der Waals surface area (Å²) < 4.78 is 21.1. The number of aliphatic hydroxyl groups excluding tert-OH is 2. The van der Waals surface area contributed by atoms with Gasteiger partial charge in [-0.15, -0.1) is 10.1 Å². The Morgan fingerprint density at radius 3 is 2.29 bits per heavy atom. The van der Waals surface area contributed by atoms with E-state index >= 15 is 0 Å². The highest BCUT2D eigenvalue weighted by Gasteiger charge is 2.20. The molecule has 10 heteroatoms. The van der Waals surface area contributed by atoms with Gasteiger partial charge >= 0.3 is 5.97 Å². The number of carbonyl (C=O) groups is 1. The maximum absolute atomic E-state index is 13.7. The van der Waals surface area contributed by atoms with Crippen molar-refractivity contribution in [1.82, 2.24) is 4.57 Å². The molecule has 2 atom stereocenters. The molecule has 0 spiro atoms. The Kier molecular flexibility index (Phi) is 10.1. The molecule has 2 N–H and O–H groups in total. The summed E-state index contributed by atoms with van der Waals surface area (Å²) in [4.78, 5) is 26.9. The quantitative estimate of drug-likeness (QED) is 0.114. The fourth-order valence-corrected chi connectivity index (χ4v) is 4.84. The van der Waals surface area contributed by atoms with Gasteiger partial charge in [0.2, 0.25) is 0 Å². The van der Waals surface area contributed by atoms with Crippen LogP contribution in [0.2, 0.25) is 0 Å². The molecule has 3 aromatic carbocycles. The third-order valence-corrected chi connectivity index (χ3v) is 6.75. The minimum Gasteiger partial charge on any atom is -0.461 e. The van der Waals surface area contributed by atoms with E-state index in [0.29, 0.717) is 11.1 Å². The molecule has 9 nitrogen and oxygen atoms in total. The van der Waals surface area contributed by atoms with Gasteiger partial charge in [-0.25, -0.2) is 4.39 Å². The lowest BCUT2D eigenvalue weighted by atomic mass is 10.0. The van der Waals surface area contributed by atoms with Crippen LogP contribution >= 0.6 is 0 Å². The SMILES string of the molecule is CC(C)n1c(/C=C/[C@@H](O)C[C@@H](O)CC(=O)OCc2ccc(CO[N+](=O)[O-])cc2)c(-c2ccc(F)cc2)c2ccccc21. The van der Waals surface area contributed by atoms with Gasteiger partial charge in [0.15, 0.2) is 0 Å². The molecular weight excluding hydrogens is 543 g/mol. The van der Waals surface area contributed by atoms with E-state index in [9.17, 15) is 29.5 Å². The standard InChI is InChI=1S/C32H33FN2O7/c1-21(2)34-29-6-4-3-5-28(29)32(24-11-13-25(33)14-12-24)30(34)16-15-26(36)17-27(37)18-31(38)41-19-22-7-9-23(10-8-22)20-42-35(39)40/h3-16,21,26-27,36-37H,17-20H2,1-2H3/b16-15+/t26-,27-/m1/s1. The van der Waals surface area contributed by atoms with E-state index < -0.39 is 23.3 Å². The van der Waals surface area contributed by atoms with Crippen LogP contribution < -0.4 is 0 Å². The molecule has 4 aromatic rings. The number of para-hydroxylation sites is 1. The zero-order valence-electron chi connectivity index (χ0n) is 23.4. The zero-order valence-corrected chi connectivity index (χ0v) is 23.4. The van der Waals surface area contributed by atoms with E-state index in [2.05, 4.69) is 23.3 Å². The van der Waals surface area contributed by atoms with Crippen LogP contribution in [0.3, 0.4) is 0 Å². The molecule has 4 rings (SSSR count). The first-order valence-electron chi connectivity index (χ1n) is 13.6. The number of aliphatic hydroxyl groups is 2. The Morgan fingerprint density at radius 1 is 1.00 bits per heavy atom. The first kappa shape index (κ1) is 30.4. The topological polar surface area (TPSA) is 124 Å². The number of carbonyl (C=O) groups excluding carboxylic acids is 1. The number of halogens is 1. The molecular formula is C32H33FN2O7. The number of rotatable bonds is 13. The second-order valence-electron chi connectivity index (χ2n) is 10.2. The molecule has 0 amide bonds. The van der Waals surface area contributed by atoms with E-state index in [0.717, 1.165) is 27.7 Å². The van der Waals surface area contributed by atoms with Crippen molar-refractivity contribution in [1.29, 1.82) is 0 Å². The Labute approximate surface area is 242 Å². The summed E-state index contributed by atoms with van der Waals surface area (Å²) in [5.41, 5.74) is 4.85. The fraction of sp³-hybridized carbons (Fsp3) is 0.281. The van der Waals surface area contributed by atoms with Crippen molar-refractivity contribution in [2.45, 2.75) is 58.2 Å². The minimum atomic E-state index is -1.13. The molecule has 0 saturated heterocycles. The second kappa shape index (κ2) is 13.9. The van der Waals surface area contributed by atoms with E-state index in [-0.39, 0.29) is 37.9 Å². The van der Waals surface area contributed by atoms with Gasteiger partial charge in [-0.2, -0.15) is 0 Å². The predicted molar refractivity (Wildman–Crippen MR) is 156 cm³/mol. The first-order valence-corrected chi connectivity index (χ1v) is 13.6. The van der Waals surface area contributed by atoms with E-state index in [1.807, 2.05) is 24.3 Å². The van der Waals surface area contributed by atoms with Crippen LogP contribution in [0, 0.1) is 15.9 Å². The summed E-state index contributed by atoms with van der Waals surface area (Å²) in [6.45, 7) is 3.91. The van der Waals surface area contributed by atoms with Crippen molar-refractivity contribution in [3.05, 3.63) is 112 Å². The molecule has 220 valence electrons. The second-order valence-corrected chi connectivity index (χ2v) is 10.2. The van der Waals surface area contributed by atoms with E-state index in [1.165, 1.54) is 12.1 Å². The third-order valence-electron chi connectivity index (χ3n) is 6.75. The summed E-state index contributed by atoms with van der Waals surface area (Å²) in [5, 5.41) is 31.6. The number of esters is 1. The minimum absolute atomic E-state index is 0.0315. The van der Waals surface area contributed by atoms with Crippen molar-refractivity contribution >= 4 is 22.9 Å². The summed E-state index contributed by atoms with van der Waals surface area (Å²) in [7, 11) is 0. The largest absolute Gasteiger partial charge is 0.461 e. The van der Waals surface area contributed by atoms with Crippen LogP contribution in [-0.2, 0) is 27.6 Å². The van der Waals surface area contributed by atoms with Gasteiger partial charge in [0, 0.05) is 34.6 Å². The highest BCUT2D eigenvalue weighted by molar-refractivity contribution is 6.01. The van der Waals surface area contributed by atoms with Gasteiger partial charge in [0.05, 0.1) is 18.6 Å². The highest BCUT2D eigenvalue weighted by atomic mass is 19.1. The third kappa shape index (κ3) is 7.80. The van der Waals surface area contributed by atoms with Crippen LogP contribution in [0.4, 0.5) is 4.39 Å². The van der Waals surface area contributed by atoms with Gasteiger partial charge in [0.1, 0.15) is 19.0 Å². The lowest BCUT2D eigenvalue weighted by Crippen LogP contribution is -2.20. The lowest BCUT2D eigenvalue weighted by Gasteiger charge is -2.15. The number of fused-ring (bicyclic) bond motifs is 1. The molecule has 0 saturated carbocycles. The Morgan fingerprint density at radius 2 is 1.64 bits per heavy atom. The molecule has 0 aliphatic rings. The van der Waals surface area contributed by atoms with Crippen molar-refractivity contribution in [2.75, 3.05) is 0 Å². The van der Waals surface area contributed by atoms with Crippen LogP contribution in [0.25, 0.3) is 28.1 Å². The van der Waals surface area contributed by atoms with Crippen LogP contribution in [0.1, 0.15) is 49.6 Å². The van der Waals surface area contributed by atoms with Crippen molar-refractivity contribution in [2.24, 2.45) is 0 Å². The van der Waals surface area contributed by atoms with Gasteiger partial charge in [-0.05, 0) is 54.8 Å². The number of nitrogens with zero attached hydrogens (tertiary/aromatic N) is 2. The zero-order chi connectivity index (χ0) is 30.2. The molecule has 0 bridgehead atoms. The van der Waals surface area contributed by atoms with Gasteiger partial charge in [-0.3, -0.25) is 4.79 Å². The van der Waals surface area contributed by atoms with Crippen LogP contribution in [0.5, 0.6) is 0 Å². The van der Waals surface area contributed by atoms with E-state index in [4.69, 9.17) is 4.74 Å². The van der Waals surface area contributed by atoms with Crippen molar-refractivity contribution < 1.29 is 34.1 Å². The molecule has 0 unspecified atom stereocenters. The summed E-state index contributed by atoms with van der Waals surface area (Å²) >= 11 is 0. The average molecular weight is 577 g/mol. The first-order chi connectivity index (χ1) is 20.1. The Hall–Kier alpha value is -4.54. The van der Waals surface area contributed by atoms with Crippen LogP contribution in [0.15, 0.2) is 78.9 Å². The van der Waals surface area contributed by atoms with E-state index in [1.54, 1.807) is 48.6 Å². The summed E-state index contributed by atoms with van der Waals surface area (Å²) in [5.74, 6) is -0.956. The van der Waals surface area contributed by atoms with Crippen molar-refractivity contribution in [3.63, 3.8) is 0 Å². The Bertz CT molecular complexity index is 1550. The predicted octanol–water partition coefficient (Wildman–Crippen LogP) is 6.00. The number of hydrogen-bond acceptors (Lipinski definition) is 7. The van der Waals surface area contributed by atoms with Crippen LogP contribution in [-0.4, -0.2) is 38.0 Å². The number of benzene rings is 3. The lowest BCUT2D eigenvalue weighted by molar-refractivity contribution is -0.763. The molecule has 0 aliphatic carbocycles.